The van der Waals surface area contributed by atoms with Crippen molar-refractivity contribution in [1.29, 1.82) is 0 Å². The number of hydrogen-bond donors (Lipinski definition) is 2. The van der Waals surface area contributed by atoms with Crippen LogP contribution in [-0.4, -0.2) is 33.0 Å². The Morgan fingerprint density at radius 1 is 1.19 bits per heavy atom. The standard InChI is InChI=1S/C17H19BrN2O5S/c1-11(2)25-13-5-7-14(8-6-13)26(22,23)20-19-10-12-4-9-15(24-3)17(21)16(12)18/h4-11,20-21H,1-3H3/b19-10+. The minimum absolute atomic E-state index is 0.000425. The molecule has 0 unspecified atom stereocenters. The number of nitrogens with one attached hydrogen (secondary N) is 1. The van der Waals surface area contributed by atoms with Gasteiger partial charge >= 0.3 is 0 Å². The maximum atomic E-state index is 12.3. The summed E-state index contributed by atoms with van der Waals surface area (Å²) < 4.78 is 35.3. The molecule has 26 heavy (non-hydrogen) atoms. The van der Waals surface area contributed by atoms with Gasteiger partial charge in [-0.15, -0.1) is 0 Å². The third-order valence-corrected chi connectivity index (χ3v) is 5.28. The molecule has 0 bridgehead atoms. The Morgan fingerprint density at radius 2 is 1.85 bits per heavy atom. The van der Waals surface area contributed by atoms with E-state index in [0.29, 0.717) is 21.5 Å². The number of rotatable bonds is 7. The predicted octanol–water partition coefficient (Wildman–Crippen LogP) is 3.26. The lowest BCUT2D eigenvalue weighted by molar-refractivity contribution is 0.242. The van der Waals surface area contributed by atoms with Crippen LogP contribution in [0.2, 0.25) is 0 Å². The molecule has 0 atom stereocenters. The molecule has 0 heterocycles. The van der Waals surface area contributed by atoms with Crippen LogP contribution in [0.1, 0.15) is 19.4 Å². The summed E-state index contributed by atoms with van der Waals surface area (Å²) in [7, 11) is -2.39. The Labute approximate surface area is 160 Å². The third kappa shape index (κ3) is 4.89. The Morgan fingerprint density at radius 3 is 2.42 bits per heavy atom. The average molecular weight is 443 g/mol. The summed E-state index contributed by atoms with van der Waals surface area (Å²) in [5.74, 6) is 0.776. The van der Waals surface area contributed by atoms with Gasteiger partial charge in [-0.25, -0.2) is 4.83 Å². The summed E-state index contributed by atoms with van der Waals surface area (Å²) in [5, 5.41) is 13.7. The SMILES string of the molecule is COc1ccc(/C=N/NS(=O)(=O)c2ccc(OC(C)C)cc2)c(Br)c1O. The number of nitrogens with zero attached hydrogens (tertiary/aromatic N) is 1. The highest BCUT2D eigenvalue weighted by molar-refractivity contribution is 9.10. The van der Waals surface area contributed by atoms with Gasteiger partial charge in [0, 0.05) is 5.56 Å². The fraction of sp³-hybridized carbons (Fsp3) is 0.235. The summed E-state index contributed by atoms with van der Waals surface area (Å²) in [6, 6.07) is 9.20. The molecule has 0 saturated heterocycles. The lowest BCUT2D eigenvalue weighted by atomic mass is 10.2. The number of phenolic OH excluding ortho intramolecular Hbond substituents is 1. The molecule has 2 N–H and O–H groups in total. The lowest BCUT2D eigenvalue weighted by Gasteiger charge is -2.10. The Hall–Kier alpha value is -2.26. The normalized spacial score (nSPS) is 11.7. The van der Waals surface area contributed by atoms with Crippen LogP contribution >= 0.6 is 15.9 Å². The van der Waals surface area contributed by atoms with E-state index in [1.54, 1.807) is 24.3 Å². The second kappa shape index (κ2) is 8.41. The zero-order valence-electron chi connectivity index (χ0n) is 14.4. The number of sulfonamides is 1. The number of methoxy groups -OCH3 is 1. The van der Waals surface area contributed by atoms with Crippen LogP contribution in [-0.2, 0) is 10.0 Å². The largest absolute Gasteiger partial charge is 0.503 e. The Bertz CT molecular complexity index is 896. The number of phenols is 1. The van der Waals surface area contributed by atoms with E-state index in [9.17, 15) is 13.5 Å². The van der Waals surface area contributed by atoms with Crippen molar-refractivity contribution in [1.82, 2.24) is 4.83 Å². The van der Waals surface area contributed by atoms with Gasteiger partial charge in [0.05, 0.1) is 28.8 Å². The van der Waals surface area contributed by atoms with Gasteiger partial charge in [0.25, 0.3) is 10.0 Å². The summed E-state index contributed by atoms with van der Waals surface area (Å²) >= 11 is 3.21. The molecule has 2 aromatic carbocycles. The van der Waals surface area contributed by atoms with Gasteiger partial charge in [0.15, 0.2) is 11.5 Å². The van der Waals surface area contributed by atoms with E-state index >= 15 is 0 Å². The quantitative estimate of drug-likeness (QED) is 0.506. The summed E-state index contributed by atoms with van der Waals surface area (Å²) in [5.41, 5.74) is 0.478. The highest BCUT2D eigenvalue weighted by atomic mass is 79.9. The molecule has 0 amide bonds. The van der Waals surface area contributed by atoms with E-state index in [1.165, 1.54) is 25.5 Å². The summed E-state index contributed by atoms with van der Waals surface area (Å²) in [4.78, 5) is 2.18. The molecule has 9 heteroatoms. The van der Waals surface area contributed by atoms with Crippen LogP contribution in [0.3, 0.4) is 0 Å². The van der Waals surface area contributed by atoms with Crippen molar-refractivity contribution >= 4 is 32.2 Å². The van der Waals surface area contributed by atoms with E-state index in [-0.39, 0.29) is 16.7 Å². The first-order valence-electron chi connectivity index (χ1n) is 7.61. The molecule has 0 aliphatic rings. The second-order valence-corrected chi connectivity index (χ2v) is 7.96. The number of hydrogen-bond acceptors (Lipinski definition) is 6. The number of aromatic hydroxyl groups is 1. The van der Waals surface area contributed by atoms with Gasteiger partial charge in [-0.05, 0) is 66.2 Å². The van der Waals surface area contributed by atoms with Crippen molar-refractivity contribution < 1.29 is 23.0 Å². The molecule has 7 nitrogen and oxygen atoms in total. The van der Waals surface area contributed by atoms with Crippen LogP contribution in [0, 0.1) is 0 Å². The van der Waals surface area contributed by atoms with E-state index in [1.807, 2.05) is 13.8 Å². The molecular formula is C17H19BrN2O5S. The second-order valence-electron chi connectivity index (χ2n) is 5.51. The fourth-order valence-corrected chi connectivity index (χ4v) is 3.24. The minimum Gasteiger partial charge on any atom is -0.503 e. The molecule has 0 fully saturated rings. The van der Waals surface area contributed by atoms with Crippen LogP contribution in [0.5, 0.6) is 17.2 Å². The smallest absolute Gasteiger partial charge is 0.276 e. The molecule has 0 saturated carbocycles. The predicted molar refractivity (Wildman–Crippen MR) is 102 cm³/mol. The molecule has 0 aliphatic carbocycles. The van der Waals surface area contributed by atoms with Crippen molar-refractivity contribution in [2.75, 3.05) is 7.11 Å². The zero-order chi connectivity index (χ0) is 19.3. The van der Waals surface area contributed by atoms with E-state index in [4.69, 9.17) is 9.47 Å². The first kappa shape index (κ1) is 20.1. The average Bonchev–Trinajstić information content (AvgIpc) is 2.58. The Balaban J connectivity index is 2.13. The number of halogens is 1. The van der Waals surface area contributed by atoms with Crippen LogP contribution in [0.25, 0.3) is 0 Å². The molecule has 0 spiro atoms. The van der Waals surface area contributed by atoms with Gasteiger partial charge in [0.1, 0.15) is 5.75 Å². The maximum Gasteiger partial charge on any atom is 0.276 e. The van der Waals surface area contributed by atoms with E-state index in [0.717, 1.165) is 0 Å². The van der Waals surface area contributed by atoms with E-state index in [2.05, 4.69) is 25.9 Å². The first-order valence-corrected chi connectivity index (χ1v) is 9.89. The number of hydrazone groups is 1. The van der Waals surface area contributed by atoms with Gasteiger partial charge < -0.3 is 14.6 Å². The number of benzene rings is 2. The topological polar surface area (TPSA) is 97.2 Å². The van der Waals surface area contributed by atoms with Crippen LogP contribution in [0.15, 0.2) is 50.9 Å². The molecule has 0 radical (unpaired) electrons. The molecule has 0 aliphatic heterocycles. The Kier molecular flexibility index (Phi) is 6.49. The van der Waals surface area contributed by atoms with Crippen LogP contribution in [0.4, 0.5) is 0 Å². The lowest BCUT2D eigenvalue weighted by Crippen LogP contribution is -2.18. The highest BCUT2D eigenvalue weighted by Gasteiger charge is 2.14. The van der Waals surface area contributed by atoms with Crippen molar-refractivity contribution in [3.8, 4) is 17.2 Å². The van der Waals surface area contributed by atoms with Crippen molar-refractivity contribution in [3.63, 3.8) is 0 Å². The van der Waals surface area contributed by atoms with Gasteiger partial charge in [-0.2, -0.15) is 13.5 Å². The van der Waals surface area contributed by atoms with Gasteiger partial charge in [-0.1, -0.05) is 0 Å². The first-order chi connectivity index (χ1) is 12.2. The zero-order valence-corrected chi connectivity index (χ0v) is 16.8. The minimum atomic E-state index is -3.82. The maximum absolute atomic E-state index is 12.3. The summed E-state index contributed by atoms with van der Waals surface area (Å²) in [6.07, 6.45) is 1.27. The van der Waals surface area contributed by atoms with Crippen molar-refractivity contribution in [2.24, 2.45) is 5.10 Å². The van der Waals surface area contributed by atoms with E-state index < -0.39 is 10.0 Å². The molecular weight excluding hydrogens is 424 g/mol. The number of ether oxygens (including phenoxy) is 2. The highest BCUT2D eigenvalue weighted by Crippen LogP contribution is 2.35. The molecule has 2 rings (SSSR count). The van der Waals surface area contributed by atoms with Crippen LogP contribution < -0.4 is 14.3 Å². The fourth-order valence-electron chi connectivity index (χ4n) is 2.01. The summed E-state index contributed by atoms with van der Waals surface area (Å²) in [6.45, 7) is 3.77. The molecule has 140 valence electrons. The molecule has 0 aromatic heterocycles. The van der Waals surface area contributed by atoms with Crippen molar-refractivity contribution in [3.05, 3.63) is 46.4 Å². The monoisotopic (exact) mass is 442 g/mol. The molecule has 2 aromatic rings. The van der Waals surface area contributed by atoms with Crippen molar-refractivity contribution in [2.45, 2.75) is 24.8 Å². The third-order valence-electron chi connectivity index (χ3n) is 3.21. The van der Waals surface area contributed by atoms with Gasteiger partial charge in [-0.3, -0.25) is 0 Å². The van der Waals surface area contributed by atoms with Gasteiger partial charge in [0.2, 0.25) is 0 Å².